The topological polar surface area (TPSA) is 49.0 Å². The summed E-state index contributed by atoms with van der Waals surface area (Å²) in [5.41, 5.74) is 2.39. The van der Waals surface area contributed by atoms with E-state index in [0.717, 1.165) is 25.9 Å². The lowest BCUT2D eigenvalue weighted by Gasteiger charge is -2.16. The minimum atomic E-state index is 0.276. The first kappa shape index (κ1) is 13.4. The molecule has 3 heterocycles. The van der Waals surface area contributed by atoms with Gasteiger partial charge in [0, 0.05) is 36.0 Å². The van der Waals surface area contributed by atoms with Crippen molar-refractivity contribution < 1.29 is 4.79 Å². The first-order valence-corrected chi connectivity index (χ1v) is 7.92. The zero-order valence-electron chi connectivity index (χ0n) is 11.6. The van der Waals surface area contributed by atoms with Crippen molar-refractivity contribution in [3.05, 3.63) is 39.8 Å². The van der Waals surface area contributed by atoms with Crippen LogP contribution in [0.2, 0.25) is 0 Å². The van der Waals surface area contributed by atoms with Gasteiger partial charge >= 0.3 is 0 Å². The van der Waals surface area contributed by atoms with Gasteiger partial charge in [-0.2, -0.15) is 5.10 Å². The monoisotopic (exact) mass is 289 g/mol. The molecule has 20 heavy (non-hydrogen) atoms. The van der Waals surface area contributed by atoms with Gasteiger partial charge in [0.1, 0.15) is 0 Å². The van der Waals surface area contributed by atoms with Gasteiger partial charge in [0.15, 0.2) is 0 Å². The van der Waals surface area contributed by atoms with Crippen LogP contribution in [-0.4, -0.2) is 34.1 Å². The molecule has 0 radical (unpaired) electrons. The van der Waals surface area contributed by atoms with E-state index in [4.69, 9.17) is 0 Å². The number of likely N-dealkylation sites (tertiary alicyclic amines) is 1. The third-order valence-corrected chi connectivity index (χ3v) is 4.92. The van der Waals surface area contributed by atoms with Crippen molar-refractivity contribution in [3.8, 4) is 0 Å². The Morgan fingerprint density at radius 3 is 3.20 bits per heavy atom. The fraction of sp³-hybridized carbons (Fsp3) is 0.467. The zero-order valence-corrected chi connectivity index (χ0v) is 12.4. The summed E-state index contributed by atoms with van der Waals surface area (Å²) in [6, 6.07) is 4.13. The summed E-state index contributed by atoms with van der Waals surface area (Å²) in [7, 11) is 0. The second kappa shape index (κ2) is 5.79. The molecule has 0 saturated carbocycles. The molecule has 0 aliphatic carbocycles. The van der Waals surface area contributed by atoms with E-state index in [1.54, 1.807) is 11.3 Å². The average Bonchev–Trinajstić information content (AvgIpc) is 3.16. The fourth-order valence-electron chi connectivity index (χ4n) is 2.84. The van der Waals surface area contributed by atoms with Crippen LogP contribution in [-0.2, 0) is 11.2 Å². The normalized spacial score (nSPS) is 18.6. The van der Waals surface area contributed by atoms with Crippen LogP contribution in [0.5, 0.6) is 0 Å². The van der Waals surface area contributed by atoms with Crippen LogP contribution in [0.3, 0.4) is 0 Å². The first-order valence-electron chi connectivity index (χ1n) is 7.04. The van der Waals surface area contributed by atoms with Gasteiger partial charge in [-0.05, 0) is 36.8 Å². The van der Waals surface area contributed by atoms with Crippen molar-refractivity contribution in [1.82, 2.24) is 15.1 Å². The smallest absolute Gasteiger partial charge is 0.222 e. The highest BCUT2D eigenvalue weighted by atomic mass is 32.1. The molecule has 2 aromatic heterocycles. The Bertz CT molecular complexity index is 576. The standard InChI is InChI=1S/C15H19N3OS/c1-11-9-16-17-15(11)12-6-7-18(10-12)14(19)5-4-13-3-2-8-20-13/h2-3,8-9,12H,4-7,10H2,1H3,(H,16,17)/t12-/m0/s1. The Labute approximate surface area is 122 Å². The Balaban J connectivity index is 1.54. The second-order valence-corrected chi connectivity index (χ2v) is 6.40. The van der Waals surface area contributed by atoms with Crippen LogP contribution in [0.1, 0.15) is 34.9 Å². The SMILES string of the molecule is Cc1cn[nH]c1[C@H]1CCN(C(=O)CCc2cccs2)C1. The fourth-order valence-corrected chi connectivity index (χ4v) is 3.54. The van der Waals surface area contributed by atoms with E-state index in [1.807, 2.05) is 17.2 Å². The number of rotatable bonds is 4. The molecule has 4 nitrogen and oxygen atoms in total. The summed E-state index contributed by atoms with van der Waals surface area (Å²) >= 11 is 1.72. The lowest BCUT2D eigenvalue weighted by Crippen LogP contribution is -2.28. The number of nitrogens with one attached hydrogen (secondary N) is 1. The highest BCUT2D eigenvalue weighted by molar-refractivity contribution is 7.09. The molecule has 1 aliphatic heterocycles. The molecule has 106 valence electrons. The van der Waals surface area contributed by atoms with Crippen LogP contribution in [0, 0.1) is 6.92 Å². The van der Waals surface area contributed by atoms with Crippen molar-refractivity contribution in [2.75, 3.05) is 13.1 Å². The number of aromatic amines is 1. The summed E-state index contributed by atoms with van der Waals surface area (Å²) in [6.07, 6.45) is 4.38. The Morgan fingerprint density at radius 1 is 1.60 bits per heavy atom. The molecule has 1 aliphatic rings. The predicted molar refractivity (Wildman–Crippen MR) is 79.9 cm³/mol. The molecule has 5 heteroatoms. The highest BCUT2D eigenvalue weighted by Crippen LogP contribution is 2.28. The molecule has 1 fully saturated rings. The van der Waals surface area contributed by atoms with Crippen molar-refractivity contribution in [1.29, 1.82) is 0 Å². The maximum absolute atomic E-state index is 12.2. The summed E-state index contributed by atoms with van der Waals surface area (Å²) in [4.78, 5) is 15.5. The van der Waals surface area contributed by atoms with Gasteiger partial charge in [-0.3, -0.25) is 9.89 Å². The third-order valence-electron chi connectivity index (χ3n) is 3.98. The van der Waals surface area contributed by atoms with Crippen LogP contribution in [0.25, 0.3) is 0 Å². The molecule has 1 amide bonds. The number of aromatic nitrogens is 2. The number of hydrogen-bond acceptors (Lipinski definition) is 3. The van der Waals surface area contributed by atoms with Gasteiger partial charge in [-0.25, -0.2) is 0 Å². The van der Waals surface area contributed by atoms with Gasteiger partial charge < -0.3 is 4.90 Å². The van der Waals surface area contributed by atoms with Gasteiger partial charge in [0.25, 0.3) is 0 Å². The molecule has 3 rings (SSSR count). The van der Waals surface area contributed by atoms with Crippen molar-refractivity contribution in [2.24, 2.45) is 0 Å². The van der Waals surface area contributed by atoms with Crippen LogP contribution in [0.4, 0.5) is 0 Å². The Morgan fingerprint density at radius 2 is 2.50 bits per heavy atom. The van der Waals surface area contributed by atoms with Crippen LogP contribution >= 0.6 is 11.3 Å². The van der Waals surface area contributed by atoms with Crippen molar-refractivity contribution in [3.63, 3.8) is 0 Å². The van der Waals surface area contributed by atoms with E-state index in [2.05, 4.69) is 28.6 Å². The summed E-state index contributed by atoms with van der Waals surface area (Å²) < 4.78 is 0. The molecule has 0 bridgehead atoms. The number of aryl methyl sites for hydroxylation is 2. The number of nitrogens with zero attached hydrogens (tertiary/aromatic N) is 2. The molecule has 1 N–H and O–H groups in total. The first-order chi connectivity index (χ1) is 9.74. The average molecular weight is 289 g/mol. The number of hydrogen-bond donors (Lipinski definition) is 1. The van der Waals surface area contributed by atoms with Gasteiger partial charge in [-0.15, -0.1) is 11.3 Å². The van der Waals surface area contributed by atoms with Gasteiger partial charge in [0.2, 0.25) is 5.91 Å². The molecule has 0 spiro atoms. The quantitative estimate of drug-likeness (QED) is 0.941. The lowest BCUT2D eigenvalue weighted by molar-refractivity contribution is -0.130. The number of carbonyl (C=O) groups is 1. The third kappa shape index (κ3) is 2.77. The van der Waals surface area contributed by atoms with Gasteiger partial charge in [0.05, 0.1) is 6.20 Å². The Hall–Kier alpha value is -1.62. The molecule has 1 saturated heterocycles. The van der Waals surface area contributed by atoms with E-state index >= 15 is 0 Å². The Kier molecular flexibility index (Phi) is 3.87. The summed E-state index contributed by atoms with van der Waals surface area (Å²) in [5, 5.41) is 9.22. The minimum Gasteiger partial charge on any atom is -0.342 e. The van der Waals surface area contributed by atoms with E-state index in [1.165, 1.54) is 16.1 Å². The number of H-pyrrole nitrogens is 1. The number of carbonyl (C=O) groups excluding carboxylic acids is 1. The number of amides is 1. The maximum atomic E-state index is 12.2. The molecule has 1 atom stereocenters. The van der Waals surface area contributed by atoms with Crippen molar-refractivity contribution in [2.45, 2.75) is 32.1 Å². The maximum Gasteiger partial charge on any atom is 0.222 e. The predicted octanol–water partition coefficient (Wildman–Crippen LogP) is 2.73. The van der Waals surface area contributed by atoms with E-state index in [0.29, 0.717) is 12.3 Å². The molecular formula is C15H19N3OS. The van der Waals surface area contributed by atoms with E-state index in [9.17, 15) is 4.79 Å². The van der Waals surface area contributed by atoms with Crippen LogP contribution < -0.4 is 0 Å². The summed E-state index contributed by atoms with van der Waals surface area (Å²) in [5.74, 6) is 0.696. The van der Waals surface area contributed by atoms with Crippen molar-refractivity contribution >= 4 is 17.2 Å². The lowest BCUT2D eigenvalue weighted by atomic mass is 10.0. The second-order valence-electron chi connectivity index (χ2n) is 5.37. The van der Waals surface area contributed by atoms with E-state index < -0.39 is 0 Å². The highest BCUT2D eigenvalue weighted by Gasteiger charge is 2.28. The summed E-state index contributed by atoms with van der Waals surface area (Å²) in [6.45, 7) is 3.76. The van der Waals surface area contributed by atoms with Crippen LogP contribution in [0.15, 0.2) is 23.7 Å². The minimum absolute atomic E-state index is 0.276. The van der Waals surface area contributed by atoms with Gasteiger partial charge in [-0.1, -0.05) is 6.07 Å². The molecule has 0 unspecified atom stereocenters. The van der Waals surface area contributed by atoms with E-state index in [-0.39, 0.29) is 5.91 Å². The molecule has 0 aromatic carbocycles. The zero-order chi connectivity index (χ0) is 13.9. The number of thiophene rings is 1. The largest absolute Gasteiger partial charge is 0.342 e. The molecular weight excluding hydrogens is 270 g/mol. The molecule has 2 aromatic rings.